The van der Waals surface area contributed by atoms with Crippen LogP contribution in [0.1, 0.15) is 297 Å². The zero-order chi connectivity index (χ0) is 81.7. The van der Waals surface area contributed by atoms with Crippen LogP contribution in [0, 0.1) is 0 Å². The molecule has 0 saturated carbocycles. The number of allylic oxidation sites excluding steroid dienone is 34. The third-order valence-electron chi connectivity index (χ3n) is 16.7. The van der Waals surface area contributed by atoms with E-state index in [4.69, 9.17) is 37.0 Å². The molecule has 3 N–H and O–H groups in total. The number of phosphoric ester groups is 2. The highest BCUT2D eigenvalue weighted by Gasteiger charge is 2.30. The molecule has 0 fully saturated rings. The van der Waals surface area contributed by atoms with Crippen molar-refractivity contribution in [3.63, 3.8) is 0 Å². The number of aliphatic hydroxyl groups excluding tert-OH is 1. The molecule has 5 atom stereocenters. The van der Waals surface area contributed by atoms with Gasteiger partial charge in [-0.1, -0.05) is 305 Å². The summed E-state index contributed by atoms with van der Waals surface area (Å²) >= 11 is 0. The fourth-order valence-electron chi connectivity index (χ4n) is 10.4. The summed E-state index contributed by atoms with van der Waals surface area (Å²) in [7, 11) is -10.0. The lowest BCUT2D eigenvalue weighted by Crippen LogP contribution is -2.30. The molecule has 0 aromatic rings. The summed E-state index contributed by atoms with van der Waals surface area (Å²) in [6, 6.07) is 0. The molecule has 0 bridgehead atoms. The summed E-state index contributed by atoms with van der Waals surface area (Å²) in [5.41, 5.74) is 0. The molecule has 19 heteroatoms. The van der Waals surface area contributed by atoms with Gasteiger partial charge in [0.25, 0.3) is 0 Å². The topological polar surface area (TPSA) is 237 Å². The first-order valence-corrected chi connectivity index (χ1v) is 45.3. The van der Waals surface area contributed by atoms with Crippen LogP contribution in [0.2, 0.25) is 0 Å². The second-order valence-electron chi connectivity index (χ2n) is 27.3. The molecule has 0 amide bonds. The number of ether oxygens (including phenoxy) is 4. The highest BCUT2D eigenvalue weighted by molar-refractivity contribution is 7.47. The van der Waals surface area contributed by atoms with Crippen LogP contribution in [-0.2, 0) is 65.4 Å². The second kappa shape index (κ2) is 82.6. The fraction of sp³-hybridized carbons (Fsp3) is 0.591. The highest BCUT2D eigenvalue weighted by Crippen LogP contribution is 2.45. The van der Waals surface area contributed by atoms with Crippen LogP contribution in [0.5, 0.6) is 0 Å². The van der Waals surface area contributed by atoms with E-state index in [0.717, 1.165) is 148 Å². The number of rotatable bonds is 77. The summed E-state index contributed by atoms with van der Waals surface area (Å²) in [4.78, 5) is 73.2. The molecule has 2 unspecified atom stereocenters. The van der Waals surface area contributed by atoms with Crippen LogP contribution in [0.3, 0.4) is 0 Å². The maximum absolute atomic E-state index is 13.1. The molecule has 0 heterocycles. The third-order valence-corrected chi connectivity index (χ3v) is 18.6. The molecule has 112 heavy (non-hydrogen) atoms. The Kier molecular flexibility index (Phi) is 77.9. The lowest BCUT2D eigenvalue weighted by Gasteiger charge is -2.21. The van der Waals surface area contributed by atoms with Crippen LogP contribution in [0.25, 0.3) is 0 Å². The molecule has 632 valence electrons. The lowest BCUT2D eigenvalue weighted by molar-refractivity contribution is -0.161. The van der Waals surface area contributed by atoms with Crippen molar-refractivity contribution in [3.8, 4) is 0 Å². The van der Waals surface area contributed by atoms with E-state index in [1.807, 2.05) is 36.5 Å². The average molecular weight is 1600 g/mol. The first kappa shape index (κ1) is 106. The van der Waals surface area contributed by atoms with E-state index >= 15 is 0 Å². The molecular formula is C93H148O17P2. The molecule has 0 spiro atoms. The fourth-order valence-corrected chi connectivity index (χ4v) is 11.9. The van der Waals surface area contributed by atoms with E-state index in [2.05, 4.69) is 198 Å². The Balaban J connectivity index is 5.59. The zero-order valence-electron chi connectivity index (χ0n) is 69.3. The number of hydrogen-bond donors (Lipinski definition) is 3. The highest BCUT2D eigenvalue weighted by atomic mass is 31.2. The SMILES string of the molecule is CC/C=C\C/C=C\C/C=C\C/C=C\C/C=C\C/C=C\CCC(=O)O[C@H](COC(=O)CCCCC/C=C\C/C=C\C/C=C\C/C=C\C/C=C\CC)COP(=O)(O)OC[C@@H](O)COP(=O)(O)OC[C@@H](COC(=O)CCCCCCC/C=C\CCCCCCCC)OC(=O)CC/C=C\C/C=C\C/C=C\C/C=C\C/C=C\CCCCC. The molecule has 0 radical (unpaired) electrons. The predicted octanol–water partition coefficient (Wildman–Crippen LogP) is 25.4. The minimum atomic E-state index is -5.03. The quantitative estimate of drug-likeness (QED) is 0.0169. The van der Waals surface area contributed by atoms with Gasteiger partial charge >= 0.3 is 39.5 Å². The van der Waals surface area contributed by atoms with Gasteiger partial charge in [-0.15, -0.1) is 0 Å². The van der Waals surface area contributed by atoms with Crippen molar-refractivity contribution in [3.05, 3.63) is 207 Å². The Bertz CT molecular complexity index is 2940. The third kappa shape index (κ3) is 81.6. The number of aliphatic hydroxyl groups is 1. The van der Waals surface area contributed by atoms with Crippen molar-refractivity contribution >= 4 is 39.5 Å². The van der Waals surface area contributed by atoms with Crippen LogP contribution < -0.4 is 0 Å². The summed E-state index contributed by atoms with van der Waals surface area (Å²) in [6.07, 6.45) is 104. The van der Waals surface area contributed by atoms with Gasteiger partial charge in [-0.2, -0.15) is 0 Å². The summed E-state index contributed by atoms with van der Waals surface area (Å²) in [5, 5.41) is 10.7. The van der Waals surface area contributed by atoms with E-state index < -0.39 is 97.5 Å². The zero-order valence-corrected chi connectivity index (χ0v) is 71.0. The van der Waals surface area contributed by atoms with E-state index in [1.165, 1.54) is 57.8 Å². The number of phosphoric acid groups is 2. The Hall–Kier alpha value is -6.36. The van der Waals surface area contributed by atoms with Crippen molar-refractivity contribution in [2.24, 2.45) is 0 Å². The monoisotopic (exact) mass is 1600 g/mol. The van der Waals surface area contributed by atoms with Gasteiger partial charge in [0.1, 0.15) is 19.3 Å². The average Bonchev–Trinajstić information content (AvgIpc) is 0.907. The summed E-state index contributed by atoms with van der Waals surface area (Å²) in [5.74, 6) is -2.44. The molecule has 17 nitrogen and oxygen atoms in total. The molecular weight excluding hydrogens is 1450 g/mol. The standard InChI is InChI=1S/C93H148O17P2/c1-5-9-13-17-21-25-29-33-37-40-43-46-50-54-58-62-66-70-74-78-91(96)104-84-89(110-93(98)80-76-72-68-64-60-56-52-48-45-42-39-35-31-27-23-19-15-11-7-3)86-108-112(101,102)106-82-87(94)81-105-111(99,100)107-85-88(83-103-90(95)77-73-69-65-61-57-53-49-36-32-28-24-20-16-12-8-4)109-92(97)79-75-71-67-63-59-55-51-47-44-41-38-34-30-26-22-18-14-10-6-2/h9,11,13,15,21-23,25-27,33-39,43-49,54-56,58-60,67-68,71-72,87-89,94H,5-8,10,12,14,16-20,24,28-32,40-42,50-53,57,61-66,69-70,73-86H2,1-4H3,(H,99,100)(H,101,102)/b13-9-,15-11-,25-21-,26-22-,27-23-,37-33-,38-34-,39-35-,46-43-,47-44-,48-45-,49-36-,58-54-,59-55-,60-56-,71-67-,72-68-/t87-,88+,89+/m0/s1. The molecule has 0 rings (SSSR count). The van der Waals surface area contributed by atoms with Crippen LogP contribution in [0.4, 0.5) is 0 Å². The van der Waals surface area contributed by atoms with E-state index in [-0.39, 0.29) is 25.7 Å². The summed E-state index contributed by atoms with van der Waals surface area (Å²) < 4.78 is 68.6. The molecule has 0 saturated heterocycles. The van der Waals surface area contributed by atoms with Crippen molar-refractivity contribution in [2.75, 3.05) is 39.6 Å². The normalized spacial score (nSPS) is 14.8. The second-order valence-corrected chi connectivity index (χ2v) is 30.2. The van der Waals surface area contributed by atoms with Gasteiger partial charge in [-0.3, -0.25) is 37.3 Å². The maximum Gasteiger partial charge on any atom is 0.472 e. The van der Waals surface area contributed by atoms with Crippen molar-refractivity contribution in [2.45, 2.75) is 316 Å². The Morgan fingerprint density at radius 3 is 0.786 bits per heavy atom. The van der Waals surface area contributed by atoms with Crippen LogP contribution in [0.15, 0.2) is 207 Å². The number of carbonyl (C=O) groups is 4. The van der Waals surface area contributed by atoms with Crippen LogP contribution in [-0.4, -0.2) is 96.7 Å². The minimum Gasteiger partial charge on any atom is -0.462 e. The van der Waals surface area contributed by atoms with Gasteiger partial charge in [0.15, 0.2) is 12.2 Å². The minimum absolute atomic E-state index is 0.0400. The molecule has 0 aliphatic rings. The van der Waals surface area contributed by atoms with Crippen molar-refractivity contribution in [1.82, 2.24) is 0 Å². The van der Waals surface area contributed by atoms with Gasteiger partial charge in [-0.05, 0) is 173 Å². The summed E-state index contributed by atoms with van der Waals surface area (Å²) in [6.45, 7) is 4.38. The number of carbonyl (C=O) groups excluding carboxylic acids is 4. The largest absolute Gasteiger partial charge is 0.472 e. The van der Waals surface area contributed by atoms with Crippen molar-refractivity contribution in [1.29, 1.82) is 0 Å². The Morgan fingerprint density at radius 1 is 0.259 bits per heavy atom. The van der Waals surface area contributed by atoms with Gasteiger partial charge in [0.05, 0.1) is 26.4 Å². The Labute approximate surface area is 678 Å². The van der Waals surface area contributed by atoms with Gasteiger partial charge in [0, 0.05) is 25.7 Å². The number of unbranched alkanes of at least 4 members (excludes halogenated alkanes) is 17. The van der Waals surface area contributed by atoms with Gasteiger partial charge in [0.2, 0.25) is 0 Å². The molecule has 0 aliphatic carbocycles. The predicted molar refractivity (Wildman–Crippen MR) is 463 cm³/mol. The van der Waals surface area contributed by atoms with E-state index in [9.17, 15) is 43.2 Å². The molecule has 0 aromatic heterocycles. The maximum atomic E-state index is 13.1. The Morgan fingerprint density at radius 2 is 0.482 bits per heavy atom. The van der Waals surface area contributed by atoms with Gasteiger partial charge in [-0.25, -0.2) is 9.13 Å². The number of hydrogen-bond acceptors (Lipinski definition) is 15. The molecule has 0 aromatic carbocycles. The van der Waals surface area contributed by atoms with Crippen molar-refractivity contribution < 1.29 is 80.2 Å². The first-order valence-electron chi connectivity index (χ1n) is 42.3. The number of esters is 4. The van der Waals surface area contributed by atoms with E-state index in [0.29, 0.717) is 38.5 Å². The van der Waals surface area contributed by atoms with E-state index in [1.54, 1.807) is 0 Å². The van der Waals surface area contributed by atoms with Crippen LogP contribution >= 0.6 is 15.6 Å². The van der Waals surface area contributed by atoms with Gasteiger partial charge < -0.3 is 33.8 Å². The molecule has 0 aliphatic heterocycles. The first-order chi connectivity index (χ1) is 54.7. The lowest BCUT2D eigenvalue weighted by atomic mass is 10.1. The smallest absolute Gasteiger partial charge is 0.462 e.